The predicted molar refractivity (Wildman–Crippen MR) is 197 cm³/mol. The summed E-state index contributed by atoms with van der Waals surface area (Å²) < 4.78 is 0. The Balaban J connectivity index is 1.18. The normalized spacial score (nSPS) is 23.7. The molecule has 0 N–H and O–H groups in total. The Labute approximate surface area is 276 Å². The van der Waals surface area contributed by atoms with Crippen molar-refractivity contribution < 1.29 is 0 Å². The summed E-state index contributed by atoms with van der Waals surface area (Å²) in [5.41, 5.74) is 10.4. The molecule has 4 aromatic carbocycles. The van der Waals surface area contributed by atoms with Crippen molar-refractivity contribution in [3.63, 3.8) is 0 Å². The van der Waals surface area contributed by atoms with Crippen LogP contribution in [0.25, 0.3) is 22.3 Å². The van der Waals surface area contributed by atoms with Crippen LogP contribution in [0.1, 0.15) is 24.0 Å². The summed E-state index contributed by atoms with van der Waals surface area (Å²) in [5, 5.41) is 2.74. The zero-order chi connectivity index (χ0) is 31.2. The van der Waals surface area contributed by atoms with Gasteiger partial charge >= 0.3 is 0 Å². The Morgan fingerprint density at radius 3 is 2.09 bits per heavy atom. The van der Waals surface area contributed by atoms with Crippen molar-refractivity contribution in [2.24, 2.45) is 16.8 Å². The highest BCUT2D eigenvalue weighted by molar-refractivity contribution is 6.12. The van der Waals surface area contributed by atoms with E-state index in [9.17, 15) is 0 Å². The number of rotatable bonds is 5. The molecule has 2 heteroatoms. The smallest absolute Gasteiger partial charge is 0.136 e. The van der Waals surface area contributed by atoms with Gasteiger partial charge in [0, 0.05) is 23.1 Å². The molecule has 4 atom stereocenters. The fourth-order valence-corrected chi connectivity index (χ4v) is 8.10. The number of hydrogen-bond acceptors (Lipinski definition) is 2. The molecule has 0 saturated carbocycles. The zero-order valence-electron chi connectivity index (χ0n) is 26.3. The number of amidine groups is 1. The van der Waals surface area contributed by atoms with Gasteiger partial charge in [-0.2, -0.15) is 0 Å². The number of nitrogens with zero attached hydrogens (tertiary/aromatic N) is 2. The van der Waals surface area contributed by atoms with Crippen molar-refractivity contribution in [2.45, 2.75) is 24.9 Å². The molecule has 4 aromatic rings. The van der Waals surface area contributed by atoms with Crippen LogP contribution >= 0.6 is 0 Å². The summed E-state index contributed by atoms with van der Waals surface area (Å²) in [6.45, 7) is 0. The second-order valence-electron chi connectivity index (χ2n) is 12.9. The SMILES string of the molecule is C1=CCC(C2=c3ccc(-c4ccc(N5C(c6ccccc6)=NC6C=CC=CC65)cc4)cc3=C(c3ccccc3)C3=CC=CCC32)C=C1. The van der Waals surface area contributed by atoms with E-state index in [2.05, 4.69) is 175 Å². The molecule has 0 radical (unpaired) electrons. The number of fused-ring (bicyclic) bond motifs is 3. The Morgan fingerprint density at radius 2 is 1.30 bits per heavy atom. The molecule has 4 unspecified atom stereocenters. The van der Waals surface area contributed by atoms with E-state index in [-0.39, 0.29) is 12.1 Å². The van der Waals surface area contributed by atoms with Gasteiger partial charge in [0.15, 0.2) is 0 Å². The maximum atomic E-state index is 5.16. The second kappa shape index (κ2) is 11.7. The van der Waals surface area contributed by atoms with Gasteiger partial charge in [-0.3, -0.25) is 4.99 Å². The fraction of sp³-hybridized carbons (Fsp3) is 0.133. The summed E-state index contributed by atoms with van der Waals surface area (Å²) >= 11 is 0. The first-order chi connectivity index (χ1) is 23.3. The second-order valence-corrected chi connectivity index (χ2v) is 12.9. The highest BCUT2D eigenvalue weighted by Gasteiger charge is 2.36. The summed E-state index contributed by atoms with van der Waals surface area (Å²) in [6.07, 6.45) is 27.0. The molecule has 2 nitrogen and oxygen atoms in total. The molecule has 47 heavy (non-hydrogen) atoms. The fourth-order valence-electron chi connectivity index (χ4n) is 8.10. The summed E-state index contributed by atoms with van der Waals surface area (Å²) in [5.74, 6) is 1.83. The number of hydrogen-bond donors (Lipinski definition) is 0. The van der Waals surface area contributed by atoms with Gasteiger partial charge in [-0.25, -0.2) is 0 Å². The lowest BCUT2D eigenvalue weighted by atomic mass is 9.69. The van der Waals surface area contributed by atoms with Crippen molar-refractivity contribution in [3.8, 4) is 11.1 Å². The van der Waals surface area contributed by atoms with Crippen LogP contribution in [-0.2, 0) is 0 Å². The van der Waals surface area contributed by atoms with Crippen LogP contribution < -0.4 is 15.3 Å². The molecule has 0 aromatic heterocycles. The van der Waals surface area contributed by atoms with Gasteiger partial charge in [0.25, 0.3) is 0 Å². The average Bonchev–Trinajstić information content (AvgIpc) is 3.54. The van der Waals surface area contributed by atoms with Gasteiger partial charge < -0.3 is 4.90 Å². The van der Waals surface area contributed by atoms with Gasteiger partial charge in [-0.05, 0) is 74.9 Å². The first kappa shape index (κ1) is 27.8. The van der Waals surface area contributed by atoms with Crippen molar-refractivity contribution in [1.82, 2.24) is 0 Å². The Morgan fingerprint density at radius 1 is 0.574 bits per heavy atom. The molecule has 0 bridgehead atoms. The van der Waals surface area contributed by atoms with E-state index in [1.54, 1.807) is 5.57 Å². The number of benzene rings is 4. The molecule has 0 saturated heterocycles. The highest BCUT2D eigenvalue weighted by Crippen LogP contribution is 2.42. The van der Waals surface area contributed by atoms with Gasteiger partial charge in [0.1, 0.15) is 5.84 Å². The number of allylic oxidation sites excluding steroid dienone is 10. The first-order valence-corrected chi connectivity index (χ1v) is 16.9. The lowest BCUT2D eigenvalue weighted by Crippen LogP contribution is -2.39. The van der Waals surface area contributed by atoms with Crippen LogP contribution in [0.3, 0.4) is 0 Å². The molecular weight excluding hydrogens is 569 g/mol. The maximum Gasteiger partial charge on any atom is 0.136 e. The molecule has 0 amide bonds. The van der Waals surface area contributed by atoms with Crippen LogP contribution in [-0.4, -0.2) is 17.9 Å². The third-order valence-electron chi connectivity index (χ3n) is 10.3. The van der Waals surface area contributed by atoms with E-state index < -0.39 is 0 Å². The third-order valence-corrected chi connectivity index (χ3v) is 10.3. The van der Waals surface area contributed by atoms with Crippen LogP contribution in [0.15, 0.2) is 181 Å². The van der Waals surface area contributed by atoms with Crippen LogP contribution in [0.4, 0.5) is 5.69 Å². The van der Waals surface area contributed by atoms with Crippen LogP contribution in [0.5, 0.6) is 0 Å². The molecule has 226 valence electrons. The quantitative estimate of drug-likeness (QED) is 0.223. The van der Waals surface area contributed by atoms with E-state index in [1.165, 1.54) is 38.3 Å². The minimum absolute atomic E-state index is 0.121. The van der Waals surface area contributed by atoms with Crippen molar-refractivity contribution >= 4 is 22.7 Å². The lowest BCUT2D eigenvalue weighted by Gasteiger charge is -2.34. The number of aliphatic imine (C=N–C) groups is 1. The van der Waals surface area contributed by atoms with Gasteiger partial charge in [0.2, 0.25) is 0 Å². The predicted octanol–water partition coefficient (Wildman–Crippen LogP) is 8.48. The lowest BCUT2D eigenvalue weighted by molar-refractivity contribution is 0.695. The summed E-state index contributed by atoms with van der Waals surface area (Å²) in [6, 6.07) is 38.2. The van der Waals surface area contributed by atoms with E-state index in [0.717, 1.165) is 29.9 Å². The zero-order valence-corrected chi connectivity index (χ0v) is 26.3. The Hall–Kier alpha value is -5.47. The Kier molecular flexibility index (Phi) is 6.93. The van der Waals surface area contributed by atoms with E-state index in [1.807, 2.05) is 0 Å². The van der Waals surface area contributed by atoms with Crippen molar-refractivity contribution in [3.05, 3.63) is 197 Å². The van der Waals surface area contributed by atoms with Gasteiger partial charge in [-0.1, -0.05) is 152 Å². The topological polar surface area (TPSA) is 15.6 Å². The van der Waals surface area contributed by atoms with Gasteiger partial charge in [-0.15, -0.1) is 0 Å². The standard InChI is InChI=1S/C45H36N2/c1-4-14-32(15-5-1)43-37-20-10-11-21-38(37)44(33-16-6-2-7-17-33)40-30-35(26-29-39(40)43)31-24-27-36(28-25-31)47-42-23-13-12-22-41(42)46-45(47)34-18-8-3-9-19-34/h1-14,16-19,21-30,32,37,41-42H,15,20H2. The molecule has 0 fully saturated rings. The molecule has 4 aliphatic carbocycles. The largest absolute Gasteiger partial charge is 0.317 e. The molecule has 0 spiro atoms. The molecule has 9 rings (SSSR count). The molecule has 1 heterocycles. The minimum Gasteiger partial charge on any atom is -0.317 e. The number of anilines is 1. The van der Waals surface area contributed by atoms with E-state index in [0.29, 0.717) is 11.8 Å². The van der Waals surface area contributed by atoms with Crippen LogP contribution in [0.2, 0.25) is 0 Å². The molecule has 5 aliphatic rings. The summed E-state index contributed by atoms with van der Waals surface area (Å²) in [7, 11) is 0. The highest BCUT2D eigenvalue weighted by atomic mass is 15.3. The van der Waals surface area contributed by atoms with E-state index in [4.69, 9.17) is 4.99 Å². The van der Waals surface area contributed by atoms with Crippen LogP contribution in [0, 0.1) is 11.8 Å². The monoisotopic (exact) mass is 604 g/mol. The van der Waals surface area contributed by atoms with Crippen molar-refractivity contribution in [2.75, 3.05) is 4.90 Å². The Bertz CT molecular complexity index is 2190. The van der Waals surface area contributed by atoms with Gasteiger partial charge in [0.05, 0.1) is 12.1 Å². The minimum atomic E-state index is 0.121. The molecular formula is C45H36N2. The first-order valence-electron chi connectivity index (χ1n) is 16.9. The van der Waals surface area contributed by atoms with E-state index >= 15 is 0 Å². The maximum absolute atomic E-state index is 5.16. The molecule has 1 aliphatic heterocycles. The summed E-state index contributed by atoms with van der Waals surface area (Å²) in [4.78, 5) is 7.56. The average molecular weight is 605 g/mol. The van der Waals surface area contributed by atoms with Crippen molar-refractivity contribution in [1.29, 1.82) is 0 Å². The third kappa shape index (κ3) is 4.84.